The summed E-state index contributed by atoms with van der Waals surface area (Å²) in [6.45, 7) is -1.03. The lowest BCUT2D eigenvalue weighted by molar-refractivity contribution is 1.41. The van der Waals surface area contributed by atoms with Crippen LogP contribution in [-0.2, 0) is 0 Å². The van der Waals surface area contributed by atoms with E-state index in [0.717, 1.165) is 0 Å². The molecule has 0 rings (SSSR count). The van der Waals surface area contributed by atoms with Crippen LogP contribution in [0, 0.1) is 0 Å². The third-order valence-electron chi connectivity index (χ3n) is 0.761. The molecule has 1 unspecified atom stereocenters. The molecule has 0 radical (unpaired) electrons. The fraction of sp³-hybridized carbons (Fsp3) is 0.667. The molecule has 0 aliphatic rings. The van der Waals surface area contributed by atoms with Crippen LogP contribution in [0.15, 0.2) is 9.26 Å². The molecule has 0 spiro atoms. The molecule has 0 aromatic heterocycles. The Hall–Kier alpha value is 2.17. The first-order valence-corrected chi connectivity index (χ1v) is 13.6. The van der Waals surface area contributed by atoms with Gasteiger partial charge >= 0.3 is 0 Å². The van der Waals surface area contributed by atoms with Crippen molar-refractivity contribution in [3.8, 4) is 0 Å². The minimum atomic E-state index is -2.71. The van der Waals surface area contributed by atoms with Crippen LogP contribution in [0.3, 0.4) is 0 Å². The summed E-state index contributed by atoms with van der Waals surface area (Å²) < 4.78 is 7.62. The summed E-state index contributed by atoms with van der Waals surface area (Å²) in [7, 11) is 0. The highest BCUT2D eigenvalue weighted by molar-refractivity contribution is 8.21. The number of nitrogens with zero attached hydrogens (tertiary/aromatic N) is 2. The van der Waals surface area contributed by atoms with Gasteiger partial charge in [0.25, 0.3) is 0 Å². The predicted octanol–water partition coefficient (Wildman–Crippen LogP) is 7.08. The van der Waals surface area contributed by atoms with Gasteiger partial charge in [0.1, 0.15) is 0 Å². The summed E-state index contributed by atoms with van der Waals surface area (Å²) in [4.78, 5) is 0. The number of nitrogens with one attached hydrogen (secondary N) is 1. The van der Waals surface area contributed by atoms with Gasteiger partial charge in [0.2, 0.25) is 0 Å². The van der Waals surface area contributed by atoms with Crippen molar-refractivity contribution >= 4 is 80.6 Å². The predicted molar refractivity (Wildman–Crippen MR) is 77.1 cm³/mol. The van der Waals surface area contributed by atoms with Gasteiger partial charge in [-0.2, -0.15) is 0 Å². The molecule has 1 atom stereocenters. The van der Waals surface area contributed by atoms with Crippen LogP contribution < -0.4 is 0 Å². The molecule has 0 aliphatic carbocycles. The highest BCUT2D eigenvalue weighted by Crippen LogP contribution is 2.73. The van der Waals surface area contributed by atoms with E-state index in [4.69, 9.17) is 61.7 Å². The molecule has 0 saturated heterocycles. The normalized spacial score (nSPS) is 17.4. The molecule has 14 heavy (non-hydrogen) atoms. The van der Waals surface area contributed by atoms with E-state index in [1.165, 1.54) is 6.66 Å². The molecule has 0 aliphatic heterocycles. The Labute approximate surface area is 108 Å². The SMILES string of the molecule is C=P(Cl)(Cl)N=P(Cl)(Cl)CN=P(C)([NH-])Cl. The summed E-state index contributed by atoms with van der Waals surface area (Å²) >= 11 is 28.5. The van der Waals surface area contributed by atoms with Crippen LogP contribution >= 0.6 is 74.3 Å². The monoisotopic (exact) mass is 354 g/mol. The van der Waals surface area contributed by atoms with Crippen LogP contribution in [0.25, 0.3) is 5.50 Å². The maximum absolute atomic E-state index is 7.34. The van der Waals surface area contributed by atoms with E-state index >= 15 is 0 Å². The Kier molecular flexibility index (Phi) is 6.55. The van der Waals surface area contributed by atoms with Crippen LogP contribution in [0.5, 0.6) is 0 Å². The lowest BCUT2D eigenvalue weighted by atomic mass is 11.5. The second-order valence-corrected chi connectivity index (χ2v) is 17.5. The largest absolute Gasteiger partial charge is 0.623 e. The molecule has 0 saturated carbocycles. The van der Waals surface area contributed by atoms with Crippen molar-refractivity contribution in [1.82, 2.24) is 0 Å². The maximum Gasteiger partial charge on any atom is 0.163 e. The summed E-state index contributed by atoms with van der Waals surface area (Å²) in [6.07, 6.45) is 3.41. The summed E-state index contributed by atoms with van der Waals surface area (Å²) in [6, 6.07) is 0. The van der Waals surface area contributed by atoms with Gasteiger partial charge in [-0.1, -0.05) is 51.3 Å². The Balaban J connectivity index is 4.86. The zero-order valence-electron chi connectivity index (χ0n) is 7.04. The Morgan fingerprint density at radius 1 is 1.21 bits per heavy atom. The minimum absolute atomic E-state index is 0.00982. The van der Waals surface area contributed by atoms with Gasteiger partial charge < -0.3 is 5.50 Å². The van der Waals surface area contributed by atoms with Crippen LogP contribution in [0.1, 0.15) is 0 Å². The summed E-state index contributed by atoms with van der Waals surface area (Å²) in [5.74, 6) is -5.38. The number of hydrogen-bond donors (Lipinski definition) is 0. The van der Waals surface area contributed by atoms with E-state index in [0.29, 0.717) is 0 Å². The third-order valence-corrected chi connectivity index (χ3v) is 7.63. The first kappa shape index (κ1) is 16.2. The van der Waals surface area contributed by atoms with E-state index in [9.17, 15) is 0 Å². The fourth-order valence-corrected chi connectivity index (χ4v) is 10.4. The molecule has 0 aromatic carbocycles. The van der Waals surface area contributed by atoms with Gasteiger partial charge in [-0.3, -0.25) is 4.74 Å². The van der Waals surface area contributed by atoms with Crippen molar-refractivity contribution in [2.75, 3.05) is 13.0 Å². The molecule has 0 heterocycles. The topological polar surface area (TPSA) is 48.5 Å². The van der Waals surface area contributed by atoms with Gasteiger partial charge in [-0.15, -0.1) is 11.2 Å². The second kappa shape index (κ2) is 5.67. The highest BCUT2D eigenvalue weighted by atomic mass is 35.9. The zero-order valence-corrected chi connectivity index (χ0v) is 13.5. The quantitative estimate of drug-likeness (QED) is 0.485. The molecule has 3 nitrogen and oxygen atoms in total. The van der Waals surface area contributed by atoms with E-state index in [1.54, 1.807) is 0 Å². The molecule has 11 heteroatoms. The number of halogens is 5. The van der Waals surface area contributed by atoms with Gasteiger partial charge in [0.15, 0.2) is 11.5 Å². The summed E-state index contributed by atoms with van der Waals surface area (Å²) in [5.41, 5.74) is 7.34. The standard InChI is InChI=1S/C3H8Cl5N3P3/c1-12(4,5)11-14(7,8)3-10-13(2,6)9/h9H,1,3H2,2H3/q-1. The average Bonchev–Trinajstić information content (AvgIpc) is 1.76. The zero-order chi connectivity index (χ0) is 11.6. The van der Waals surface area contributed by atoms with Gasteiger partial charge in [0, 0.05) is 0 Å². The van der Waals surface area contributed by atoms with Gasteiger partial charge in [0.05, 0.1) is 6.29 Å². The minimum Gasteiger partial charge on any atom is -0.623 e. The highest BCUT2D eigenvalue weighted by Gasteiger charge is 2.15. The maximum atomic E-state index is 7.34. The Morgan fingerprint density at radius 2 is 1.64 bits per heavy atom. The van der Waals surface area contributed by atoms with Crippen LogP contribution in [0.2, 0.25) is 0 Å². The lowest BCUT2D eigenvalue weighted by Crippen LogP contribution is -1.70. The molecular formula is C3H8Cl5N3P3-. The van der Waals surface area contributed by atoms with Crippen molar-refractivity contribution in [3.05, 3.63) is 5.50 Å². The van der Waals surface area contributed by atoms with Crippen molar-refractivity contribution in [2.45, 2.75) is 0 Å². The smallest absolute Gasteiger partial charge is 0.163 e. The Morgan fingerprint density at radius 3 is 1.93 bits per heavy atom. The van der Waals surface area contributed by atoms with Gasteiger partial charge in [-0.05, 0) is 13.2 Å². The molecular weight excluding hydrogens is 348 g/mol. The van der Waals surface area contributed by atoms with E-state index < -0.39 is 18.1 Å². The number of hydrogen-bond acceptors (Lipinski definition) is 2. The van der Waals surface area contributed by atoms with Crippen molar-refractivity contribution in [1.29, 1.82) is 0 Å². The van der Waals surface area contributed by atoms with Gasteiger partial charge in [-0.25, -0.2) is 4.52 Å². The molecule has 86 valence electrons. The van der Waals surface area contributed by atoms with E-state index in [1.807, 2.05) is 0 Å². The van der Waals surface area contributed by atoms with Crippen LogP contribution in [-0.4, -0.2) is 19.3 Å². The van der Waals surface area contributed by atoms with Crippen molar-refractivity contribution in [2.24, 2.45) is 9.26 Å². The number of rotatable bonds is 3. The average molecular weight is 356 g/mol. The molecule has 0 fully saturated rings. The third kappa shape index (κ3) is 10.7. The lowest BCUT2D eigenvalue weighted by Gasteiger charge is -2.16. The first-order chi connectivity index (χ1) is 5.91. The van der Waals surface area contributed by atoms with E-state index in [2.05, 4.69) is 15.6 Å². The first-order valence-electron chi connectivity index (χ1n) is 3.06. The second-order valence-electron chi connectivity index (χ2n) is 2.42. The summed E-state index contributed by atoms with van der Waals surface area (Å²) in [5, 5.41) is 0. The Bertz CT molecular complexity index is 338. The molecule has 1 N–H and O–H groups in total. The molecule has 0 amide bonds. The van der Waals surface area contributed by atoms with E-state index in [-0.39, 0.29) is 6.29 Å². The van der Waals surface area contributed by atoms with Crippen molar-refractivity contribution < 1.29 is 0 Å². The molecule has 0 bridgehead atoms. The van der Waals surface area contributed by atoms with Crippen molar-refractivity contribution in [3.63, 3.8) is 0 Å². The fourth-order valence-electron chi connectivity index (χ4n) is 0.415. The molecule has 0 aromatic rings. The van der Waals surface area contributed by atoms with Crippen LogP contribution in [0.4, 0.5) is 0 Å².